The minimum Gasteiger partial charge on any atom is -0.279 e. The monoisotopic (exact) mass is 379 g/mol. The molecule has 1 atom stereocenters. The van der Waals surface area contributed by atoms with Gasteiger partial charge in [0.1, 0.15) is 5.69 Å². The van der Waals surface area contributed by atoms with E-state index in [2.05, 4.69) is 27.7 Å². The van der Waals surface area contributed by atoms with Gasteiger partial charge in [-0.25, -0.2) is 0 Å². The van der Waals surface area contributed by atoms with Crippen molar-refractivity contribution in [3.63, 3.8) is 0 Å². The summed E-state index contributed by atoms with van der Waals surface area (Å²) >= 11 is 0. The number of unbranched alkanes of at least 4 members (excludes halogenated alkanes) is 4. The van der Waals surface area contributed by atoms with Crippen molar-refractivity contribution in [3.05, 3.63) is 30.3 Å². The summed E-state index contributed by atoms with van der Waals surface area (Å²) in [7, 11) is 1.80. The van der Waals surface area contributed by atoms with Gasteiger partial charge in [0.25, 0.3) is 0 Å². The first-order chi connectivity index (χ1) is 13.1. The quantitative estimate of drug-likeness (QED) is 0.254. The fraction of sp³-hybridized carbons (Fsp3) is 0.750. The molecule has 0 saturated carbocycles. The molecule has 0 heterocycles. The molecule has 0 radical (unpaired) electrons. The molecule has 1 aromatic rings. The van der Waals surface area contributed by atoms with E-state index in [-0.39, 0.29) is 12.9 Å². The zero-order valence-corrected chi connectivity index (χ0v) is 19.0. The van der Waals surface area contributed by atoms with E-state index >= 15 is 0 Å². The molecule has 0 aliphatic carbocycles. The second-order valence-corrected chi connectivity index (χ2v) is 8.58. The van der Waals surface area contributed by atoms with Gasteiger partial charge in [-0.3, -0.25) is 4.90 Å². The number of halogens is 1. The van der Waals surface area contributed by atoms with Crippen molar-refractivity contribution in [2.24, 2.45) is 0 Å². The number of para-hydroxylation sites is 1. The standard InChI is InChI=1S/C16H36B.C8H10FN/c1-5-9-13-17(14-10-6-2,15-11-7-3)16-12-8-4;1-10(7-9)8-5-3-2-4-6-8/h5-16H2,1-4H3;2-6H,7H2,1H3/q-1;/p+1. The third kappa shape index (κ3) is 12.3. The molecule has 0 fully saturated rings. The SMILES string of the molecule is CCCC[B-](CCCC)(CCCC)CCCC.C[NH+](CF)c1ccccc1. The molecule has 0 saturated heterocycles. The Labute approximate surface area is 170 Å². The Morgan fingerprint density at radius 3 is 1.37 bits per heavy atom. The highest BCUT2D eigenvalue weighted by Gasteiger charge is 2.22. The van der Waals surface area contributed by atoms with Crippen LogP contribution in [0, 0.1) is 0 Å². The first-order valence-corrected chi connectivity index (χ1v) is 11.7. The van der Waals surface area contributed by atoms with Crippen LogP contribution in [0.3, 0.4) is 0 Å². The van der Waals surface area contributed by atoms with Gasteiger partial charge in [0.15, 0.2) is 0 Å². The maximum absolute atomic E-state index is 12.0. The first-order valence-electron chi connectivity index (χ1n) is 11.7. The van der Waals surface area contributed by atoms with Crippen LogP contribution < -0.4 is 4.90 Å². The number of benzene rings is 1. The van der Waals surface area contributed by atoms with Gasteiger partial charge in [-0.05, 0) is 12.1 Å². The van der Waals surface area contributed by atoms with Crippen molar-refractivity contribution >= 4 is 11.8 Å². The molecule has 3 heteroatoms. The van der Waals surface area contributed by atoms with E-state index in [1.165, 1.54) is 51.4 Å². The molecule has 0 aliphatic rings. The van der Waals surface area contributed by atoms with Gasteiger partial charge < -0.3 is 0 Å². The second kappa shape index (κ2) is 17.3. The zero-order valence-electron chi connectivity index (χ0n) is 19.0. The van der Waals surface area contributed by atoms with E-state index in [1.807, 2.05) is 30.3 Å². The van der Waals surface area contributed by atoms with Gasteiger partial charge >= 0.3 is 0 Å². The lowest BCUT2D eigenvalue weighted by molar-refractivity contribution is -0.825. The van der Waals surface area contributed by atoms with Crippen LogP contribution in [0.1, 0.15) is 79.1 Å². The number of alkyl halides is 1. The van der Waals surface area contributed by atoms with E-state index in [9.17, 15) is 4.39 Å². The summed E-state index contributed by atoms with van der Waals surface area (Å²) in [4.78, 5) is 0.792. The first kappa shape index (κ1) is 26.2. The van der Waals surface area contributed by atoms with Crippen molar-refractivity contribution in [1.29, 1.82) is 0 Å². The van der Waals surface area contributed by atoms with Gasteiger partial charge in [0.2, 0.25) is 6.80 Å². The van der Waals surface area contributed by atoms with Crippen LogP contribution in [0.15, 0.2) is 30.3 Å². The molecule has 27 heavy (non-hydrogen) atoms. The molecule has 1 N–H and O–H groups in total. The fourth-order valence-electron chi connectivity index (χ4n) is 4.21. The summed E-state index contributed by atoms with van der Waals surface area (Å²) in [6.07, 6.45) is 17.6. The van der Waals surface area contributed by atoms with E-state index in [1.54, 1.807) is 32.3 Å². The number of nitrogens with one attached hydrogen (secondary N) is 1. The van der Waals surface area contributed by atoms with Crippen LogP contribution in [-0.4, -0.2) is 20.0 Å². The normalized spacial score (nSPS) is 12.4. The smallest absolute Gasteiger partial charge is 0.225 e. The summed E-state index contributed by atoms with van der Waals surface area (Å²) in [5.41, 5.74) is 0.991. The van der Waals surface area contributed by atoms with Crippen LogP contribution in [0.25, 0.3) is 0 Å². The summed E-state index contributed by atoms with van der Waals surface area (Å²) in [6, 6.07) is 9.57. The Balaban J connectivity index is 0.000000569. The molecular weight excluding hydrogens is 332 g/mol. The Morgan fingerprint density at radius 1 is 0.704 bits per heavy atom. The lowest BCUT2D eigenvalue weighted by Crippen LogP contribution is -3.03. The lowest BCUT2D eigenvalue weighted by Gasteiger charge is -2.40. The zero-order chi connectivity index (χ0) is 20.4. The van der Waals surface area contributed by atoms with E-state index in [0.29, 0.717) is 0 Å². The molecule has 1 unspecified atom stereocenters. The lowest BCUT2D eigenvalue weighted by atomic mass is 9.17. The molecule has 1 aromatic carbocycles. The Morgan fingerprint density at radius 2 is 1.07 bits per heavy atom. The van der Waals surface area contributed by atoms with Crippen LogP contribution in [0.4, 0.5) is 10.1 Å². The van der Waals surface area contributed by atoms with Crippen LogP contribution in [0.2, 0.25) is 25.3 Å². The molecular formula is C24H47BFN. The highest BCUT2D eigenvalue weighted by Crippen LogP contribution is 2.33. The van der Waals surface area contributed by atoms with Crippen molar-refractivity contribution in [1.82, 2.24) is 0 Å². The predicted molar refractivity (Wildman–Crippen MR) is 124 cm³/mol. The predicted octanol–water partition coefficient (Wildman–Crippen LogP) is 7.40. The summed E-state index contributed by atoms with van der Waals surface area (Å²) < 4.78 is 12.0. The van der Waals surface area contributed by atoms with Crippen LogP contribution >= 0.6 is 0 Å². The second-order valence-electron chi connectivity index (χ2n) is 8.58. The van der Waals surface area contributed by atoms with E-state index in [4.69, 9.17) is 0 Å². The maximum atomic E-state index is 12.0. The molecule has 0 bridgehead atoms. The average molecular weight is 379 g/mol. The minimum atomic E-state index is -0.357. The Bertz CT molecular complexity index is 386. The third-order valence-electron chi connectivity index (χ3n) is 6.15. The minimum absolute atomic E-state index is 0.00722. The molecule has 1 rings (SSSR count). The highest BCUT2D eigenvalue weighted by molar-refractivity contribution is 6.79. The largest absolute Gasteiger partial charge is 0.279 e. The summed E-state index contributed by atoms with van der Waals surface area (Å²) in [5.74, 6) is 0. The van der Waals surface area contributed by atoms with Crippen molar-refractivity contribution in [2.45, 2.75) is 104 Å². The number of hydrogen-bond donors (Lipinski definition) is 1. The Hall–Kier alpha value is -0.825. The molecule has 0 aromatic heterocycles. The molecule has 0 aliphatic heterocycles. The van der Waals surface area contributed by atoms with Gasteiger partial charge in [0.05, 0.1) is 7.05 Å². The number of rotatable bonds is 14. The Kier molecular flexibility index (Phi) is 16.8. The van der Waals surface area contributed by atoms with Gasteiger partial charge in [0, 0.05) is 6.15 Å². The highest BCUT2D eigenvalue weighted by atomic mass is 19.1. The third-order valence-corrected chi connectivity index (χ3v) is 6.15. The summed E-state index contributed by atoms with van der Waals surface area (Å²) in [6.45, 7) is 9.03. The fourth-order valence-corrected chi connectivity index (χ4v) is 4.21. The summed E-state index contributed by atoms with van der Waals surface area (Å²) in [5, 5.41) is 0. The molecule has 1 nitrogen and oxygen atoms in total. The molecule has 158 valence electrons. The van der Waals surface area contributed by atoms with Gasteiger partial charge in [-0.15, -0.1) is 0 Å². The average Bonchev–Trinajstić information content (AvgIpc) is 2.73. The van der Waals surface area contributed by atoms with Crippen molar-refractivity contribution < 1.29 is 9.29 Å². The van der Waals surface area contributed by atoms with Crippen LogP contribution in [0.5, 0.6) is 0 Å². The topological polar surface area (TPSA) is 4.44 Å². The van der Waals surface area contributed by atoms with E-state index in [0.717, 1.165) is 10.6 Å². The van der Waals surface area contributed by atoms with Gasteiger partial charge in [-0.2, -0.15) is 29.7 Å². The van der Waals surface area contributed by atoms with Crippen molar-refractivity contribution in [2.75, 3.05) is 13.8 Å². The number of hydrogen-bond acceptors (Lipinski definition) is 0. The molecule has 0 amide bonds. The maximum Gasteiger partial charge on any atom is 0.225 e. The number of quaternary nitrogens is 1. The van der Waals surface area contributed by atoms with Crippen molar-refractivity contribution in [3.8, 4) is 0 Å². The van der Waals surface area contributed by atoms with E-state index < -0.39 is 0 Å². The van der Waals surface area contributed by atoms with Crippen LogP contribution in [-0.2, 0) is 0 Å². The van der Waals surface area contributed by atoms with Gasteiger partial charge in [-0.1, -0.05) is 97.3 Å². The molecule has 0 spiro atoms.